The van der Waals surface area contributed by atoms with Crippen LogP contribution in [0, 0.1) is 11.6 Å². The van der Waals surface area contributed by atoms with Gasteiger partial charge in [-0.05, 0) is 75.3 Å². The Bertz CT molecular complexity index is 834. The Morgan fingerprint density at radius 3 is 2.26 bits per heavy atom. The van der Waals surface area contributed by atoms with E-state index in [4.69, 9.17) is 0 Å². The quantitative estimate of drug-likeness (QED) is 0.818. The molecule has 6 heteroatoms. The maximum Gasteiger partial charge on any atom is 0.244 e. The first-order valence-corrected chi connectivity index (χ1v) is 9.43. The van der Waals surface area contributed by atoms with Crippen molar-refractivity contribution in [3.05, 3.63) is 54.1 Å². The Morgan fingerprint density at radius 2 is 1.56 bits per heavy atom. The highest BCUT2D eigenvalue weighted by atomic mass is 19.1. The van der Waals surface area contributed by atoms with Crippen molar-refractivity contribution in [3.8, 4) is 0 Å². The van der Waals surface area contributed by atoms with Gasteiger partial charge in [0.15, 0.2) is 0 Å². The molecule has 27 heavy (non-hydrogen) atoms. The van der Waals surface area contributed by atoms with Gasteiger partial charge in [0.1, 0.15) is 11.6 Å². The number of nitrogens with zero attached hydrogens (tertiary/aromatic N) is 3. The number of carbonyl (C=O) groups is 1. The highest BCUT2D eigenvalue weighted by Crippen LogP contribution is 2.38. The lowest BCUT2D eigenvalue weighted by Gasteiger charge is -2.39. The summed E-state index contributed by atoms with van der Waals surface area (Å²) in [5.74, 6) is -0.627. The second kappa shape index (κ2) is 7.27. The summed E-state index contributed by atoms with van der Waals surface area (Å²) in [5, 5.41) is 0. The van der Waals surface area contributed by atoms with Crippen molar-refractivity contribution >= 4 is 23.0 Å². The van der Waals surface area contributed by atoms with Gasteiger partial charge in [-0.2, -0.15) is 0 Å². The minimum atomic E-state index is -0.359. The van der Waals surface area contributed by atoms with Gasteiger partial charge < -0.3 is 9.80 Å². The molecule has 1 amide bonds. The normalized spacial score (nSPS) is 18.5. The molecule has 0 saturated carbocycles. The molecule has 2 heterocycles. The van der Waals surface area contributed by atoms with Crippen molar-refractivity contribution in [2.75, 3.05) is 36.0 Å². The van der Waals surface area contributed by atoms with Gasteiger partial charge in [0, 0.05) is 18.8 Å². The number of carbonyl (C=O) groups excluding carboxylic acids is 1. The molecule has 2 aliphatic rings. The van der Waals surface area contributed by atoms with E-state index in [1.54, 1.807) is 23.1 Å². The summed E-state index contributed by atoms with van der Waals surface area (Å²) >= 11 is 0. The van der Waals surface area contributed by atoms with Crippen LogP contribution in [0.2, 0.25) is 0 Å². The van der Waals surface area contributed by atoms with E-state index in [1.807, 2.05) is 11.8 Å². The molecule has 0 aliphatic carbocycles. The fraction of sp³-hybridized carbons (Fsp3) is 0.381. The maximum atomic E-state index is 14.0. The monoisotopic (exact) mass is 371 g/mol. The summed E-state index contributed by atoms with van der Waals surface area (Å²) in [6.45, 7) is 4.87. The van der Waals surface area contributed by atoms with E-state index in [2.05, 4.69) is 4.90 Å². The van der Waals surface area contributed by atoms with Gasteiger partial charge in [-0.25, -0.2) is 8.78 Å². The molecule has 2 aromatic rings. The summed E-state index contributed by atoms with van der Waals surface area (Å²) < 4.78 is 27.3. The number of rotatable bonds is 3. The second-order valence-electron chi connectivity index (χ2n) is 7.17. The van der Waals surface area contributed by atoms with Crippen molar-refractivity contribution in [2.45, 2.75) is 25.8 Å². The minimum Gasteiger partial charge on any atom is -0.338 e. The molecule has 1 fully saturated rings. The molecule has 4 rings (SSSR count). The fourth-order valence-corrected chi connectivity index (χ4v) is 4.01. The van der Waals surface area contributed by atoms with E-state index in [0.29, 0.717) is 24.5 Å². The molecule has 2 aliphatic heterocycles. The van der Waals surface area contributed by atoms with Crippen LogP contribution < -0.4 is 9.80 Å². The topological polar surface area (TPSA) is 26.8 Å². The van der Waals surface area contributed by atoms with Gasteiger partial charge in [0.05, 0.1) is 17.4 Å². The number of anilines is 3. The van der Waals surface area contributed by atoms with E-state index < -0.39 is 0 Å². The number of hydrogen-bond acceptors (Lipinski definition) is 3. The van der Waals surface area contributed by atoms with Crippen molar-refractivity contribution in [3.63, 3.8) is 0 Å². The molecule has 0 aromatic heterocycles. The number of halogens is 2. The largest absolute Gasteiger partial charge is 0.338 e. The zero-order chi connectivity index (χ0) is 19.0. The lowest BCUT2D eigenvalue weighted by atomic mass is 10.1. The van der Waals surface area contributed by atoms with Crippen LogP contribution in [0.1, 0.15) is 19.8 Å². The van der Waals surface area contributed by atoms with Crippen molar-refractivity contribution in [2.24, 2.45) is 0 Å². The van der Waals surface area contributed by atoms with Crippen LogP contribution in [0.5, 0.6) is 0 Å². The highest BCUT2D eigenvalue weighted by Gasteiger charge is 2.33. The Labute approximate surface area is 158 Å². The summed E-state index contributed by atoms with van der Waals surface area (Å²) in [6.07, 6.45) is 2.25. The third-order valence-corrected chi connectivity index (χ3v) is 5.52. The first-order chi connectivity index (χ1) is 13.0. The first kappa shape index (κ1) is 17.9. The molecule has 4 nitrogen and oxygen atoms in total. The van der Waals surface area contributed by atoms with Gasteiger partial charge in [-0.1, -0.05) is 0 Å². The van der Waals surface area contributed by atoms with Gasteiger partial charge in [0.2, 0.25) is 5.91 Å². The van der Waals surface area contributed by atoms with E-state index in [1.165, 1.54) is 24.3 Å². The van der Waals surface area contributed by atoms with E-state index >= 15 is 0 Å². The van der Waals surface area contributed by atoms with Crippen molar-refractivity contribution in [1.29, 1.82) is 0 Å². The predicted molar refractivity (Wildman–Crippen MR) is 102 cm³/mol. The molecule has 1 saturated heterocycles. The fourth-order valence-electron chi connectivity index (χ4n) is 4.01. The van der Waals surface area contributed by atoms with Crippen LogP contribution in [0.4, 0.5) is 25.8 Å². The van der Waals surface area contributed by atoms with Crippen LogP contribution in [0.25, 0.3) is 0 Å². The number of benzene rings is 2. The Balaban J connectivity index is 1.66. The minimum absolute atomic E-state index is 0.0449. The summed E-state index contributed by atoms with van der Waals surface area (Å²) in [4.78, 5) is 19.0. The van der Waals surface area contributed by atoms with Crippen LogP contribution in [-0.4, -0.2) is 43.0 Å². The smallest absolute Gasteiger partial charge is 0.244 e. The van der Waals surface area contributed by atoms with Gasteiger partial charge in [0.25, 0.3) is 0 Å². The number of amides is 1. The third kappa shape index (κ3) is 3.41. The van der Waals surface area contributed by atoms with Crippen molar-refractivity contribution in [1.82, 2.24) is 4.90 Å². The zero-order valence-electron chi connectivity index (χ0n) is 15.4. The maximum absolute atomic E-state index is 14.0. The SMILES string of the molecule is CC(C(=O)N1CCN(c2ccc(F)cc2)c2cc(F)ccc21)N1CCCC1. The Hall–Kier alpha value is -2.47. The molecule has 1 unspecified atom stereocenters. The summed E-state index contributed by atoms with van der Waals surface area (Å²) in [7, 11) is 0. The van der Waals surface area contributed by atoms with Crippen LogP contribution in [0.15, 0.2) is 42.5 Å². The molecule has 0 radical (unpaired) electrons. The first-order valence-electron chi connectivity index (χ1n) is 9.43. The van der Waals surface area contributed by atoms with E-state index in [9.17, 15) is 13.6 Å². The number of likely N-dealkylation sites (tertiary alicyclic amines) is 1. The highest BCUT2D eigenvalue weighted by molar-refractivity contribution is 6.01. The summed E-state index contributed by atoms with van der Waals surface area (Å²) in [5.41, 5.74) is 2.11. The second-order valence-corrected chi connectivity index (χ2v) is 7.17. The molecule has 142 valence electrons. The lowest BCUT2D eigenvalue weighted by Crippen LogP contribution is -2.50. The standard InChI is InChI=1S/C21H23F2N3O/c1-15(24-10-2-3-11-24)21(27)26-13-12-25(18-7-4-16(22)5-8-18)20-14-17(23)6-9-19(20)26/h4-9,14-15H,2-3,10-13H2,1H3. The van der Waals surface area contributed by atoms with E-state index in [-0.39, 0.29) is 23.6 Å². The predicted octanol–water partition coefficient (Wildman–Crippen LogP) is 3.93. The van der Waals surface area contributed by atoms with Gasteiger partial charge in [-0.3, -0.25) is 9.69 Å². The molecule has 2 aromatic carbocycles. The zero-order valence-corrected chi connectivity index (χ0v) is 15.4. The molecule has 0 N–H and O–H groups in total. The Kier molecular flexibility index (Phi) is 4.83. The van der Waals surface area contributed by atoms with Crippen LogP contribution in [0.3, 0.4) is 0 Å². The molecule has 0 bridgehead atoms. The number of fused-ring (bicyclic) bond motifs is 1. The third-order valence-electron chi connectivity index (χ3n) is 5.52. The lowest BCUT2D eigenvalue weighted by molar-refractivity contribution is -0.122. The molecular formula is C21H23F2N3O. The average Bonchev–Trinajstić information content (AvgIpc) is 3.21. The molecule has 1 atom stereocenters. The molecular weight excluding hydrogens is 348 g/mol. The van der Waals surface area contributed by atoms with Gasteiger partial charge in [-0.15, -0.1) is 0 Å². The number of hydrogen-bond donors (Lipinski definition) is 0. The Morgan fingerprint density at radius 1 is 0.889 bits per heavy atom. The van der Waals surface area contributed by atoms with Gasteiger partial charge >= 0.3 is 0 Å². The van der Waals surface area contributed by atoms with E-state index in [0.717, 1.165) is 31.6 Å². The molecule has 0 spiro atoms. The van der Waals surface area contributed by atoms with Crippen LogP contribution >= 0.6 is 0 Å². The average molecular weight is 371 g/mol. The van der Waals surface area contributed by atoms with Crippen molar-refractivity contribution < 1.29 is 13.6 Å². The van der Waals surface area contributed by atoms with Crippen LogP contribution in [-0.2, 0) is 4.79 Å². The summed E-state index contributed by atoms with van der Waals surface area (Å²) in [6, 6.07) is 10.4.